The molecule has 0 bridgehead atoms. The Hall–Kier alpha value is -2.83. The van der Waals surface area contributed by atoms with E-state index in [-0.39, 0.29) is 0 Å². The zero-order valence-electron chi connectivity index (χ0n) is 13.6. The number of likely N-dealkylation sites (N-methyl/N-ethyl adjacent to an activating group) is 1. The normalized spacial score (nSPS) is 17.4. The Bertz CT molecular complexity index is 823. The van der Waals surface area contributed by atoms with Crippen molar-refractivity contribution in [3.05, 3.63) is 42.9 Å². The quantitative estimate of drug-likeness (QED) is 0.727. The molecule has 1 unspecified atom stereocenters. The number of rotatable bonds is 4. The zero-order chi connectivity index (χ0) is 16.4. The van der Waals surface area contributed by atoms with Crippen molar-refractivity contribution in [1.29, 1.82) is 0 Å². The summed E-state index contributed by atoms with van der Waals surface area (Å²) in [7, 11) is 2.07. The number of fused-ring (bicyclic) bond motifs is 1. The minimum atomic E-state index is 0.408. The number of nitrogens with zero attached hydrogens (tertiary/aromatic N) is 7. The summed E-state index contributed by atoms with van der Waals surface area (Å²) in [4.78, 5) is 17.7. The van der Waals surface area contributed by atoms with Crippen LogP contribution in [0.2, 0.25) is 0 Å². The lowest BCUT2D eigenvalue weighted by molar-refractivity contribution is 0.644. The van der Waals surface area contributed by atoms with Gasteiger partial charge in [0.1, 0.15) is 11.3 Å². The zero-order valence-corrected chi connectivity index (χ0v) is 13.6. The van der Waals surface area contributed by atoms with Crippen LogP contribution in [-0.4, -0.2) is 51.3 Å². The van der Waals surface area contributed by atoms with Crippen LogP contribution in [0.1, 0.15) is 12.8 Å². The van der Waals surface area contributed by atoms with Crippen LogP contribution in [0.4, 0.5) is 11.6 Å². The van der Waals surface area contributed by atoms with Crippen molar-refractivity contribution in [2.24, 2.45) is 0 Å². The Morgan fingerprint density at radius 3 is 2.96 bits per heavy atom. The smallest absolute Gasteiger partial charge is 0.180 e. The van der Waals surface area contributed by atoms with Gasteiger partial charge in [-0.3, -0.25) is 4.98 Å². The molecule has 0 spiro atoms. The van der Waals surface area contributed by atoms with E-state index >= 15 is 0 Å². The third kappa shape index (κ3) is 2.84. The number of pyridine rings is 1. The SMILES string of the molecule is CN(CC1CCCN1c1cccnn1)c1ccc2nccnc2n1. The molecule has 1 fully saturated rings. The summed E-state index contributed by atoms with van der Waals surface area (Å²) < 4.78 is 0. The Morgan fingerprint density at radius 2 is 2.08 bits per heavy atom. The summed E-state index contributed by atoms with van der Waals surface area (Å²) in [5.74, 6) is 1.86. The van der Waals surface area contributed by atoms with Gasteiger partial charge in [0, 0.05) is 44.8 Å². The molecule has 3 aromatic rings. The molecule has 1 aliphatic heterocycles. The van der Waals surface area contributed by atoms with E-state index in [0.717, 1.165) is 36.7 Å². The molecule has 24 heavy (non-hydrogen) atoms. The lowest BCUT2D eigenvalue weighted by Crippen LogP contribution is -2.39. The highest BCUT2D eigenvalue weighted by molar-refractivity contribution is 5.71. The van der Waals surface area contributed by atoms with Gasteiger partial charge in [0.05, 0.1) is 0 Å². The molecule has 1 saturated heterocycles. The van der Waals surface area contributed by atoms with Crippen molar-refractivity contribution in [3.63, 3.8) is 0 Å². The van der Waals surface area contributed by atoms with Crippen molar-refractivity contribution in [1.82, 2.24) is 25.1 Å². The minimum Gasteiger partial charge on any atom is -0.358 e. The molecule has 122 valence electrons. The van der Waals surface area contributed by atoms with Gasteiger partial charge in [-0.15, -0.1) is 5.10 Å². The molecule has 0 aromatic carbocycles. The minimum absolute atomic E-state index is 0.408. The predicted molar refractivity (Wildman–Crippen MR) is 93.0 cm³/mol. The topological polar surface area (TPSA) is 70.9 Å². The van der Waals surface area contributed by atoms with Crippen LogP contribution >= 0.6 is 0 Å². The Balaban J connectivity index is 1.53. The first-order chi connectivity index (χ1) is 11.8. The molecule has 3 aromatic heterocycles. The number of hydrogen-bond acceptors (Lipinski definition) is 7. The van der Waals surface area contributed by atoms with Gasteiger partial charge in [0.2, 0.25) is 0 Å². The van der Waals surface area contributed by atoms with E-state index in [2.05, 4.69) is 42.0 Å². The second-order valence-corrected chi connectivity index (χ2v) is 6.02. The monoisotopic (exact) mass is 321 g/mol. The molecule has 0 N–H and O–H groups in total. The first-order valence-corrected chi connectivity index (χ1v) is 8.14. The highest BCUT2D eigenvalue weighted by Gasteiger charge is 2.27. The van der Waals surface area contributed by atoms with Crippen LogP contribution in [0.5, 0.6) is 0 Å². The van der Waals surface area contributed by atoms with Gasteiger partial charge in [-0.1, -0.05) is 0 Å². The summed E-state index contributed by atoms with van der Waals surface area (Å²) in [5, 5.41) is 8.26. The summed E-state index contributed by atoms with van der Waals surface area (Å²) in [5.41, 5.74) is 1.50. The van der Waals surface area contributed by atoms with E-state index in [1.165, 1.54) is 6.42 Å². The van der Waals surface area contributed by atoms with E-state index in [1.54, 1.807) is 18.6 Å². The first kappa shape index (κ1) is 14.7. The molecular weight excluding hydrogens is 302 g/mol. The summed E-state index contributed by atoms with van der Waals surface area (Å²) in [6, 6.07) is 8.33. The van der Waals surface area contributed by atoms with E-state index < -0.39 is 0 Å². The van der Waals surface area contributed by atoms with Crippen molar-refractivity contribution < 1.29 is 0 Å². The van der Waals surface area contributed by atoms with Crippen LogP contribution < -0.4 is 9.80 Å². The third-order valence-corrected chi connectivity index (χ3v) is 4.42. The van der Waals surface area contributed by atoms with Gasteiger partial charge in [-0.05, 0) is 37.1 Å². The van der Waals surface area contributed by atoms with Gasteiger partial charge in [0.15, 0.2) is 11.5 Å². The largest absolute Gasteiger partial charge is 0.358 e. The van der Waals surface area contributed by atoms with Crippen molar-refractivity contribution in [2.75, 3.05) is 29.9 Å². The lowest BCUT2D eigenvalue weighted by Gasteiger charge is -2.29. The third-order valence-electron chi connectivity index (χ3n) is 4.42. The average Bonchev–Trinajstić information content (AvgIpc) is 3.10. The molecular formula is C17H19N7. The highest BCUT2D eigenvalue weighted by Crippen LogP contribution is 2.25. The van der Waals surface area contributed by atoms with Gasteiger partial charge in [-0.2, -0.15) is 5.10 Å². The molecule has 7 nitrogen and oxygen atoms in total. The molecule has 1 aliphatic rings. The van der Waals surface area contributed by atoms with E-state index in [0.29, 0.717) is 11.7 Å². The maximum atomic E-state index is 4.62. The highest BCUT2D eigenvalue weighted by atomic mass is 15.3. The Labute approximate surface area is 140 Å². The Kier molecular flexibility index (Phi) is 3.90. The van der Waals surface area contributed by atoms with Gasteiger partial charge in [-0.25, -0.2) is 9.97 Å². The molecule has 1 atom stereocenters. The maximum absolute atomic E-state index is 4.62. The van der Waals surface area contributed by atoms with Crippen LogP contribution in [0.25, 0.3) is 11.2 Å². The van der Waals surface area contributed by atoms with Crippen molar-refractivity contribution in [3.8, 4) is 0 Å². The molecule has 0 saturated carbocycles. The fraction of sp³-hybridized carbons (Fsp3) is 0.353. The second kappa shape index (κ2) is 6.35. The number of aromatic nitrogens is 5. The summed E-state index contributed by atoms with van der Waals surface area (Å²) in [6.45, 7) is 1.91. The van der Waals surface area contributed by atoms with Gasteiger partial charge < -0.3 is 9.80 Å². The lowest BCUT2D eigenvalue weighted by atomic mass is 10.2. The predicted octanol–water partition coefficient (Wildman–Crippen LogP) is 1.92. The molecule has 0 radical (unpaired) electrons. The van der Waals surface area contributed by atoms with Crippen LogP contribution in [0.15, 0.2) is 42.9 Å². The van der Waals surface area contributed by atoms with Gasteiger partial charge in [0.25, 0.3) is 0 Å². The molecule has 4 heterocycles. The number of anilines is 2. The van der Waals surface area contributed by atoms with E-state index in [1.807, 2.05) is 24.3 Å². The summed E-state index contributed by atoms with van der Waals surface area (Å²) in [6.07, 6.45) is 7.39. The van der Waals surface area contributed by atoms with Crippen molar-refractivity contribution >= 4 is 22.8 Å². The van der Waals surface area contributed by atoms with Crippen LogP contribution in [-0.2, 0) is 0 Å². The first-order valence-electron chi connectivity index (χ1n) is 8.14. The van der Waals surface area contributed by atoms with Crippen molar-refractivity contribution in [2.45, 2.75) is 18.9 Å². The van der Waals surface area contributed by atoms with E-state index in [4.69, 9.17) is 0 Å². The Morgan fingerprint density at radius 1 is 1.17 bits per heavy atom. The van der Waals surface area contributed by atoms with Crippen LogP contribution in [0, 0.1) is 0 Å². The van der Waals surface area contributed by atoms with Gasteiger partial charge >= 0.3 is 0 Å². The second-order valence-electron chi connectivity index (χ2n) is 6.02. The molecule has 0 aliphatic carbocycles. The number of hydrogen-bond donors (Lipinski definition) is 0. The molecule has 7 heteroatoms. The standard InChI is InChI=1S/C17H19N7/c1-23(15-7-6-14-17(21-15)19-10-9-18-14)12-13-4-3-11-24(13)16-5-2-8-20-22-16/h2,5-10,13H,3-4,11-12H2,1H3. The molecule has 0 amide bonds. The fourth-order valence-electron chi connectivity index (χ4n) is 3.24. The van der Waals surface area contributed by atoms with Crippen LogP contribution in [0.3, 0.4) is 0 Å². The average molecular weight is 321 g/mol. The maximum Gasteiger partial charge on any atom is 0.180 e. The van der Waals surface area contributed by atoms with E-state index in [9.17, 15) is 0 Å². The fourth-order valence-corrected chi connectivity index (χ4v) is 3.24. The summed E-state index contributed by atoms with van der Waals surface area (Å²) >= 11 is 0. The molecule has 4 rings (SSSR count).